The molecule has 1 spiro atoms. The molecule has 3 rings (SSSR count). The van der Waals surface area contributed by atoms with Crippen molar-refractivity contribution < 1.29 is 9.47 Å². The van der Waals surface area contributed by atoms with Gasteiger partial charge in [0.2, 0.25) is 5.75 Å². The van der Waals surface area contributed by atoms with Crippen LogP contribution in [-0.2, 0) is 4.74 Å². The van der Waals surface area contributed by atoms with E-state index in [-0.39, 0.29) is 28.1 Å². The van der Waals surface area contributed by atoms with E-state index in [9.17, 15) is 4.79 Å². The Hall–Kier alpha value is -1.07. The fourth-order valence-electron chi connectivity index (χ4n) is 3.02. The van der Waals surface area contributed by atoms with E-state index in [0.29, 0.717) is 6.61 Å². The SMILES string of the molecule is COc1c(Cl)ncn(C2CCOC3(CCC3)C2)c1=O. The van der Waals surface area contributed by atoms with Crippen LogP contribution in [0.4, 0.5) is 0 Å². The van der Waals surface area contributed by atoms with E-state index in [1.165, 1.54) is 19.9 Å². The molecule has 1 aliphatic heterocycles. The summed E-state index contributed by atoms with van der Waals surface area (Å²) in [6.45, 7) is 0.696. The number of ether oxygens (including phenoxy) is 2. The van der Waals surface area contributed by atoms with E-state index in [0.717, 1.165) is 25.7 Å². The second-order valence-electron chi connectivity index (χ2n) is 5.31. The zero-order chi connectivity index (χ0) is 13.5. The van der Waals surface area contributed by atoms with Gasteiger partial charge in [-0.3, -0.25) is 9.36 Å². The summed E-state index contributed by atoms with van der Waals surface area (Å²) in [4.78, 5) is 16.4. The Morgan fingerprint density at radius 3 is 3.00 bits per heavy atom. The van der Waals surface area contributed by atoms with E-state index >= 15 is 0 Å². The van der Waals surface area contributed by atoms with E-state index in [1.807, 2.05) is 0 Å². The molecule has 0 amide bonds. The average Bonchev–Trinajstić information content (AvgIpc) is 2.38. The summed E-state index contributed by atoms with van der Waals surface area (Å²) in [5, 5.41) is 0.120. The number of rotatable bonds is 2. The molecule has 1 unspecified atom stereocenters. The smallest absolute Gasteiger partial charge is 0.297 e. The van der Waals surface area contributed by atoms with Crippen molar-refractivity contribution in [3.63, 3.8) is 0 Å². The van der Waals surface area contributed by atoms with Crippen LogP contribution in [-0.4, -0.2) is 28.9 Å². The van der Waals surface area contributed by atoms with Crippen molar-refractivity contribution in [2.24, 2.45) is 0 Å². The van der Waals surface area contributed by atoms with Gasteiger partial charge in [0.05, 0.1) is 19.0 Å². The van der Waals surface area contributed by atoms with E-state index in [2.05, 4.69) is 4.98 Å². The lowest BCUT2D eigenvalue weighted by molar-refractivity contribution is -0.140. The van der Waals surface area contributed by atoms with Gasteiger partial charge < -0.3 is 9.47 Å². The molecule has 2 fully saturated rings. The Morgan fingerprint density at radius 1 is 1.58 bits per heavy atom. The molecule has 1 saturated carbocycles. The van der Waals surface area contributed by atoms with Gasteiger partial charge in [0, 0.05) is 12.6 Å². The first-order valence-electron chi connectivity index (χ1n) is 6.60. The third-order valence-corrected chi connectivity index (χ3v) is 4.51. The molecule has 19 heavy (non-hydrogen) atoms. The lowest BCUT2D eigenvalue weighted by Crippen LogP contribution is -2.47. The maximum atomic E-state index is 12.3. The number of methoxy groups -OCH3 is 1. The second-order valence-corrected chi connectivity index (χ2v) is 5.67. The number of hydrogen-bond acceptors (Lipinski definition) is 4. The predicted octanol–water partition coefficient (Wildman–Crippen LogP) is 2.18. The fourth-order valence-corrected chi connectivity index (χ4v) is 3.22. The van der Waals surface area contributed by atoms with E-state index in [1.54, 1.807) is 4.57 Å². The highest BCUT2D eigenvalue weighted by molar-refractivity contribution is 6.30. The van der Waals surface area contributed by atoms with Crippen LogP contribution in [0.1, 0.15) is 38.1 Å². The van der Waals surface area contributed by atoms with Crippen molar-refractivity contribution in [3.8, 4) is 5.75 Å². The van der Waals surface area contributed by atoms with Crippen LogP contribution in [0.25, 0.3) is 0 Å². The van der Waals surface area contributed by atoms with Gasteiger partial charge in [-0.05, 0) is 32.1 Å². The molecule has 5 nitrogen and oxygen atoms in total. The highest BCUT2D eigenvalue weighted by Crippen LogP contribution is 2.45. The highest BCUT2D eigenvalue weighted by Gasteiger charge is 2.43. The molecule has 1 aromatic rings. The van der Waals surface area contributed by atoms with Gasteiger partial charge in [-0.1, -0.05) is 11.6 Å². The first-order chi connectivity index (χ1) is 9.15. The van der Waals surface area contributed by atoms with Crippen LogP contribution in [0.5, 0.6) is 5.75 Å². The monoisotopic (exact) mass is 284 g/mol. The average molecular weight is 285 g/mol. The van der Waals surface area contributed by atoms with Crippen LogP contribution in [0.2, 0.25) is 5.15 Å². The molecule has 0 aromatic carbocycles. The van der Waals surface area contributed by atoms with Gasteiger partial charge in [-0.2, -0.15) is 0 Å². The first kappa shape index (κ1) is 12.9. The van der Waals surface area contributed by atoms with E-state index < -0.39 is 0 Å². The fraction of sp³-hybridized carbons (Fsp3) is 0.692. The molecule has 1 atom stereocenters. The van der Waals surface area contributed by atoms with Crippen LogP contribution < -0.4 is 10.3 Å². The summed E-state index contributed by atoms with van der Waals surface area (Å²) in [5.41, 5.74) is -0.209. The predicted molar refractivity (Wildman–Crippen MR) is 70.9 cm³/mol. The standard InChI is InChI=1S/C13H17ClN2O3/c1-18-10-11(14)15-8-16(12(10)17)9-3-6-19-13(7-9)4-2-5-13/h8-9H,2-7H2,1H3. The third kappa shape index (κ3) is 2.15. The molecule has 1 saturated heterocycles. The summed E-state index contributed by atoms with van der Waals surface area (Å²) < 4.78 is 12.6. The summed E-state index contributed by atoms with van der Waals surface area (Å²) >= 11 is 5.86. The highest BCUT2D eigenvalue weighted by atomic mass is 35.5. The minimum absolute atomic E-state index is 0.00473. The molecule has 2 aliphatic rings. The van der Waals surface area contributed by atoms with Crippen molar-refractivity contribution in [2.75, 3.05) is 13.7 Å². The number of aromatic nitrogens is 2. The lowest BCUT2D eigenvalue weighted by atomic mass is 9.74. The quantitative estimate of drug-likeness (QED) is 0.781. The van der Waals surface area contributed by atoms with Crippen LogP contribution >= 0.6 is 11.6 Å². The zero-order valence-corrected chi connectivity index (χ0v) is 11.7. The van der Waals surface area contributed by atoms with Crippen molar-refractivity contribution in [2.45, 2.75) is 43.7 Å². The summed E-state index contributed by atoms with van der Waals surface area (Å²) in [6, 6.07) is 0.125. The van der Waals surface area contributed by atoms with Gasteiger partial charge >= 0.3 is 0 Å². The third-order valence-electron chi connectivity index (χ3n) is 4.24. The Balaban J connectivity index is 1.91. The zero-order valence-electron chi connectivity index (χ0n) is 10.9. The number of halogens is 1. The van der Waals surface area contributed by atoms with Gasteiger partial charge in [-0.25, -0.2) is 4.98 Å². The molecule has 1 aliphatic carbocycles. The molecular formula is C13H17ClN2O3. The molecule has 6 heteroatoms. The molecule has 0 N–H and O–H groups in total. The lowest BCUT2D eigenvalue weighted by Gasteiger charge is -2.47. The Morgan fingerprint density at radius 2 is 2.37 bits per heavy atom. The van der Waals surface area contributed by atoms with Gasteiger partial charge in [-0.15, -0.1) is 0 Å². The molecule has 104 valence electrons. The number of hydrogen-bond donors (Lipinski definition) is 0. The largest absolute Gasteiger partial charge is 0.489 e. The summed E-state index contributed by atoms with van der Waals surface area (Å²) in [6.07, 6.45) is 6.62. The van der Waals surface area contributed by atoms with Crippen molar-refractivity contribution in [1.29, 1.82) is 0 Å². The Bertz CT molecular complexity index is 539. The normalized spacial score (nSPS) is 25.1. The van der Waals surface area contributed by atoms with Gasteiger partial charge in [0.25, 0.3) is 5.56 Å². The molecular weight excluding hydrogens is 268 g/mol. The first-order valence-corrected chi connectivity index (χ1v) is 6.98. The molecule has 1 aromatic heterocycles. The Kier molecular flexibility index (Phi) is 3.27. The summed E-state index contributed by atoms with van der Waals surface area (Å²) in [7, 11) is 1.44. The van der Waals surface area contributed by atoms with Crippen molar-refractivity contribution in [1.82, 2.24) is 9.55 Å². The minimum Gasteiger partial charge on any atom is -0.489 e. The topological polar surface area (TPSA) is 53.4 Å². The minimum atomic E-state index is -0.205. The van der Waals surface area contributed by atoms with Crippen LogP contribution in [0, 0.1) is 0 Å². The summed E-state index contributed by atoms with van der Waals surface area (Å²) in [5.74, 6) is 0.123. The number of nitrogens with zero attached hydrogens (tertiary/aromatic N) is 2. The molecule has 2 heterocycles. The van der Waals surface area contributed by atoms with Crippen LogP contribution in [0.3, 0.4) is 0 Å². The van der Waals surface area contributed by atoms with Crippen molar-refractivity contribution in [3.05, 3.63) is 21.8 Å². The molecule has 0 bridgehead atoms. The maximum absolute atomic E-state index is 12.3. The van der Waals surface area contributed by atoms with Crippen LogP contribution in [0.15, 0.2) is 11.1 Å². The Labute approximate surface area is 116 Å². The van der Waals surface area contributed by atoms with E-state index in [4.69, 9.17) is 21.1 Å². The van der Waals surface area contributed by atoms with Gasteiger partial charge in [0.15, 0.2) is 5.15 Å². The van der Waals surface area contributed by atoms with Crippen molar-refractivity contribution >= 4 is 11.6 Å². The second kappa shape index (κ2) is 4.80. The van der Waals surface area contributed by atoms with Gasteiger partial charge in [0.1, 0.15) is 0 Å². The maximum Gasteiger partial charge on any atom is 0.297 e. The molecule has 0 radical (unpaired) electrons.